The second kappa shape index (κ2) is 7.54. The average Bonchev–Trinajstić information content (AvgIpc) is 2.28. The minimum atomic E-state index is 0.0216. The van der Waals surface area contributed by atoms with Crippen LogP contribution in [0.25, 0.3) is 0 Å². The molecule has 0 radical (unpaired) electrons. The highest BCUT2D eigenvalue weighted by Crippen LogP contribution is 2.19. The smallest absolute Gasteiger partial charge is 0.121 e. The molecule has 0 heterocycles. The maximum absolute atomic E-state index is 5.91. The zero-order chi connectivity index (χ0) is 12.7. The van der Waals surface area contributed by atoms with E-state index in [1.165, 1.54) is 0 Å². The van der Waals surface area contributed by atoms with E-state index in [9.17, 15) is 0 Å². The lowest BCUT2D eigenvalue weighted by Crippen LogP contribution is -2.44. The number of hydrogen-bond acceptors (Lipinski definition) is 3. The van der Waals surface area contributed by atoms with E-state index in [4.69, 9.17) is 21.1 Å². The van der Waals surface area contributed by atoms with Gasteiger partial charge in [-0.3, -0.25) is 0 Å². The number of methoxy groups -OCH3 is 1. The number of halogens is 1. The highest BCUT2D eigenvalue weighted by atomic mass is 35.5. The summed E-state index contributed by atoms with van der Waals surface area (Å²) in [5.74, 6) is 0.781. The van der Waals surface area contributed by atoms with Crippen LogP contribution in [0.2, 0.25) is 5.02 Å². The summed E-state index contributed by atoms with van der Waals surface area (Å²) in [6.45, 7) is 5.59. The Morgan fingerprint density at radius 2 is 2.18 bits per heavy atom. The second-order valence-electron chi connectivity index (χ2n) is 3.90. The summed E-state index contributed by atoms with van der Waals surface area (Å²) < 4.78 is 11.0. The van der Waals surface area contributed by atoms with Crippen molar-refractivity contribution in [1.82, 2.24) is 5.32 Å². The Hall–Kier alpha value is -0.770. The van der Waals surface area contributed by atoms with E-state index in [-0.39, 0.29) is 12.1 Å². The van der Waals surface area contributed by atoms with Crippen molar-refractivity contribution in [1.29, 1.82) is 0 Å². The number of rotatable bonds is 7. The van der Waals surface area contributed by atoms with E-state index in [0.29, 0.717) is 11.6 Å². The van der Waals surface area contributed by atoms with E-state index in [1.807, 2.05) is 31.2 Å². The molecule has 96 valence electrons. The number of benzene rings is 1. The molecule has 0 aromatic heterocycles. The summed E-state index contributed by atoms with van der Waals surface area (Å²) >= 11 is 5.91. The number of likely N-dealkylation sites (N-methyl/N-ethyl adjacent to an activating group) is 1. The van der Waals surface area contributed by atoms with Crippen LogP contribution in [0.3, 0.4) is 0 Å². The van der Waals surface area contributed by atoms with Crippen LogP contribution in [0.4, 0.5) is 0 Å². The molecule has 1 aromatic carbocycles. The van der Waals surface area contributed by atoms with Crippen molar-refractivity contribution in [2.24, 2.45) is 0 Å². The van der Waals surface area contributed by atoms with Gasteiger partial charge in [0.2, 0.25) is 0 Å². The molecule has 0 saturated heterocycles. The molecule has 0 fully saturated rings. The molecule has 1 aromatic rings. The minimum absolute atomic E-state index is 0.0216. The van der Waals surface area contributed by atoms with Gasteiger partial charge < -0.3 is 14.8 Å². The third-order valence-electron chi connectivity index (χ3n) is 2.50. The number of hydrogen-bond donors (Lipinski definition) is 1. The van der Waals surface area contributed by atoms with Gasteiger partial charge in [0.05, 0.1) is 12.6 Å². The topological polar surface area (TPSA) is 30.5 Å². The molecular weight excluding hydrogens is 238 g/mol. The number of ether oxygens (including phenoxy) is 2. The van der Waals surface area contributed by atoms with E-state index < -0.39 is 0 Å². The fourth-order valence-corrected chi connectivity index (χ4v) is 1.82. The highest BCUT2D eigenvalue weighted by molar-refractivity contribution is 6.30. The Bertz CT molecular complexity index is 327. The van der Waals surface area contributed by atoms with Gasteiger partial charge in [0, 0.05) is 12.1 Å². The van der Waals surface area contributed by atoms with Crippen LogP contribution >= 0.6 is 11.6 Å². The number of nitrogens with one attached hydrogen (secondary N) is 1. The molecule has 2 unspecified atom stereocenters. The van der Waals surface area contributed by atoms with Gasteiger partial charge >= 0.3 is 0 Å². The quantitative estimate of drug-likeness (QED) is 0.815. The van der Waals surface area contributed by atoms with Crippen molar-refractivity contribution in [2.45, 2.75) is 26.0 Å². The first kappa shape index (κ1) is 14.3. The molecule has 0 saturated carbocycles. The van der Waals surface area contributed by atoms with Crippen LogP contribution in [0, 0.1) is 0 Å². The van der Waals surface area contributed by atoms with Gasteiger partial charge in [0.15, 0.2) is 0 Å². The molecule has 0 amide bonds. The van der Waals surface area contributed by atoms with Crippen molar-refractivity contribution in [3.05, 3.63) is 29.3 Å². The van der Waals surface area contributed by atoms with Crippen molar-refractivity contribution in [2.75, 3.05) is 20.3 Å². The largest absolute Gasteiger partial charge is 0.489 e. The monoisotopic (exact) mass is 257 g/mol. The van der Waals surface area contributed by atoms with Gasteiger partial charge in [-0.05, 0) is 31.7 Å². The SMILES string of the molecule is CCNC(COC)C(C)Oc1cccc(Cl)c1. The van der Waals surface area contributed by atoms with Crippen molar-refractivity contribution in [3.8, 4) is 5.75 Å². The fourth-order valence-electron chi connectivity index (χ4n) is 1.64. The third kappa shape index (κ3) is 4.94. The van der Waals surface area contributed by atoms with E-state index >= 15 is 0 Å². The van der Waals surface area contributed by atoms with Crippen molar-refractivity contribution >= 4 is 11.6 Å². The minimum Gasteiger partial charge on any atom is -0.489 e. The summed E-state index contributed by atoms with van der Waals surface area (Å²) in [5, 5.41) is 4.02. The maximum atomic E-state index is 5.91. The molecule has 4 heteroatoms. The van der Waals surface area contributed by atoms with Gasteiger partial charge in [-0.15, -0.1) is 0 Å². The molecule has 0 aliphatic heterocycles. The summed E-state index contributed by atoms with van der Waals surface area (Å²) in [6.07, 6.45) is 0.0216. The average molecular weight is 258 g/mol. The molecule has 17 heavy (non-hydrogen) atoms. The lowest BCUT2D eigenvalue weighted by molar-refractivity contribution is 0.0955. The van der Waals surface area contributed by atoms with Gasteiger partial charge in [-0.25, -0.2) is 0 Å². The lowest BCUT2D eigenvalue weighted by Gasteiger charge is -2.25. The standard InChI is InChI=1S/C13H20ClNO2/c1-4-15-13(9-16-3)10(2)17-12-7-5-6-11(14)8-12/h5-8,10,13,15H,4,9H2,1-3H3. The molecule has 3 nitrogen and oxygen atoms in total. The normalized spacial score (nSPS) is 14.4. The molecule has 0 bridgehead atoms. The van der Waals surface area contributed by atoms with E-state index in [0.717, 1.165) is 12.3 Å². The molecule has 2 atom stereocenters. The van der Waals surface area contributed by atoms with E-state index in [2.05, 4.69) is 12.2 Å². The highest BCUT2D eigenvalue weighted by Gasteiger charge is 2.17. The molecular formula is C13H20ClNO2. The maximum Gasteiger partial charge on any atom is 0.121 e. The third-order valence-corrected chi connectivity index (χ3v) is 2.73. The predicted octanol–water partition coefficient (Wildman–Crippen LogP) is 2.73. The fraction of sp³-hybridized carbons (Fsp3) is 0.538. The van der Waals surface area contributed by atoms with Crippen LogP contribution in [0.15, 0.2) is 24.3 Å². The van der Waals surface area contributed by atoms with Crippen LogP contribution in [-0.2, 0) is 4.74 Å². The molecule has 1 rings (SSSR count). The van der Waals surface area contributed by atoms with Gasteiger partial charge in [-0.2, -0.15) is 0 Å². The summed E-state index contributed by atoms with van der Waals surface area (Å²) in [7, 11) is 1.69. The van der Waals surface area contributed by atoms with Gasteiger partial charge in [0.1, 0.15) is 11.9 Å². The van der Waals surface area contributed by atoms with Crippen LogP contribution in [0.5, 0.6) is 5.75 Å². The van der Waals surface area contributed by atoms with Crippen LogP contribution in [0.1, 0.15) is 13.8 Å². The predicted molar refractivity (Wildman–Crippen MR) is 70.9 cm³/mol. The summed E-state index contributed by atoms with van der Waals surface area (Å²) in [6, 6.07) is 7.59. The zero-order valence-corrected chi connectivity index (χ0v) is 11.3. The lowest BCUT2D eigenvalue weighted by atomic mass is 10.2. The Labute approximate surface area is 108 Å². The Morgan fingerprint density at radius 3 is 2.76 bits per heavy atom. The van der Waals surface area contributed by atoms with Gasteiger partial charge in [0.25, 0.3) is 0 Å². The Balaban J connectivity index is 2.59. The summed E-state index contributed by atoms with van der Waals surface area (Å²) in [5.41, 5.74) is 0. The Morgan fingerprint density at radius 1 is 1.41 bits per heavy atom. The molecule has 0 aliphatic rings. The van der Waals surface area contributed by atoms with Gasteiger partial charge in [-0.1, -0.05) is 24.6 Å². The van der Waals surface area contributed by atoms with E-state index in [1.54, 1.807) is 7.11 Å². The summed E-state index contributed by atoms with van der Waals surface area (Å²) in [4.78, 5) is 0. The first-order valence-electron chi connectivity index (χ1n) is 5.82. The molecule has 0 spiro atoms. The molecule has 1 N–H and O–H groups in total. The second-order valence-corrected chi connectivity index (χ2v) is 4.34. The van der Waals surface area contributed by atoms with Crippen LogP contribution in [-0.4, -0.2) is 32.4 Å². The first-order valence-corrected chi connectivity index (χ1v) is 6.19. The van der Waals surface area contributed by atoms with Crippen molar-refractivity contribution < 1.29 is 9.47 Å². The molecule has 0 aliphatic carbocycles. The van der Waals surface area contributed by atoms with Crippen molar-refractivity contribution in [3.63, 3.8) is 0 Å². The zero-order valence-electron chi connectivity index (χ0n) is 10.6. The first-order chi connectivity index (χ1) is 8.17. The van der Waals surface area contributed by atoms with Crippen LogP contribution < -0.4 is 10.1 Å². The Kier molecular flexibility index (Phi) is 6.34.